The largest absolute Gasteiger partial charge is 0.486 e. The minimum atomic E-state index is -0.809. The molecule has 0 radical (unpaired) electrons. The van der Waals surface area contributed by atoms with Crippen molar-refractivity contribution >= 4 is 23.5 Å². The second-order valence-electron chi connectivity index (χ2n) is 5.50. The highest BCUT2D eigenvalue weighted by atomic mass is 35.5. The van der Waals surface area contributed by atoms with Crippen molar-refractivity contribution in [3.63, 3.8) is 0 Å². The molecule has 1 aliphatic rings. The molecule has 1 N–H and O–H groups in total. The third-order valence-corrected chi connectivity index (χ3v) is 3.89. The third-order valence-electron chi connectivity index (χ3n) is 3.58. The van der Waals surface area contributed by atoms with Crippen LogP contribution in [0.2, 0.25) is 5.02 Å². The zero-order valence-electron chi connectivity index (χ0n) is 13.5. The molecule has 1 atom stereocenters. The highest BCUT2D eigenvalue weighted by molar-refractivity contribution is 6.33. The summed E-state index contributed by atoms with van der Waals surface area (Å²) in [6, 6.07) is 10.5. The Balaban J connectivity index is 1.44. The normalized spacial score (nSPS) is 15.2. The van der Waals surface area contributed by atoms with Gasteiger partial charge in [0.2, 0.25) is 0 Å². The topological polar surface area (TPSA) is 73.9 Å². The number of rotatable bonds is 5. The molecule has 0 fully saturated rings. The number of hydrogen-bond acceptors (Lipinski definition) is 5. The Hall–Kier alpha value is -2.80. The summed E-state index contributed by atoms with van der Waals surface area (Å²) in [7, 11) is 0. The van der Waals surface area contributed by atoms with Gasteiger partial charge in [0, 0.05) is 0 Å². The zero-order valence-corrected chi connectivity index (χ0v) is 14.3. The summed E-state index contributed by atoms with van der Waals surface area (Å²) in [4.78, 5) is 23.7. The quantitative estimate of drug-likeness (QED) is 0.808. The lowest BCUT2D eigenvalue weighted by atomic mass is 10.2. The van der Waals surface area contributed by atoms with E-state index >= 15 is 0 Å². The highest BCUT2D eigenvalue weighted by Crippen LogP contribution is 2.30. The molecule has 0 aromatic heterocycles. The van der Waals surface area contributed by atoms with E-state index in [2.05, 4.69) is 5.32 Å². The van der Waals surface area contributed by atoms with Crippen molar-refractivity contribution in [1.82, 2.24) is 5.32 Å². The van der Waals surface area contributed by atoms with Crippen molar-refractivity contribution in [3.8, 4) is 11.5 Å². The summed E-state index contributed by atoms with van der Waals surface area (Å²) in [6.07, 6.45) is -0.351. The molecule has 26 heavy (non-hydrogen) atoms. The zero-order chi connectivity index (χ0) is 18.5. The maximum Gasteiger partial charge on any atom is 0.340 e. The summed E-state index contributed by atoms with van der Waals surface area (Å²) in [6.45, 7) is 0.000986. The second kappa shape index (κ2) is 8.05. The molecule has 1 aliphatic heterocycles. The van der Waals surface area contributed by atoms with Gasteiger partial charge in [-0.1, -0.05) is 23.7 Å². The smallest absolute Gasteiger partial charge is 0.340 e. The fourth-order valence-corrected chi connectivity index (χ4v) is 2.55. The van der Waals surface area contributed by atoms with Gasteiger partial charge in [0.25, 0.3) is 5.91 Å². The lowest BCUT2D eigenvalue weighted by Gasteiger charge is -2.26. The van der Waals surface area contributed by atoms with E-state index in [1.54, 1.807) is 12.1 Å². The number of nitrogens with one attached hydrogen (secondary N) is 1. The van der Waals surface area contributed by atoms with Gasteiger partial charge >= 0.3 is 5.97 Å². The van der Waals surface area contributed by atoms with Crippen LogP contribution in [0.25, 0.3) is 0 Å². The summed E-state index contributed by atoms with van der Waals surface area (Å²) in [5.41, 5.74) is -0.0125. The number of ether oxygens (including phenoxy) is 3. The van der Waals surface area contributed by atoms with E-state index in [1.807, 2.05) is 12.1 Å². The van der Waals surface area contributed by atoms with Crippen molar-refractivity contribution in [2.45, 2.75) is 6.10 Å². The molecule has 6 nitrogen and oxygen atoms in total. The van der Waals surface area contributed by atoms with Gasteiger partial charge in [-0.2, -0.15) is 0 Å². The van der Waals surface area contributed by atoms with Crippen LogP contribution in [0.4, 0.5) is 4.39 Å². The summed E-state index contributed by atoms with van der Waals surface area (Å²) in [5, 5.41) is 2.52. The van der Waals surface area contributed by atoms with Gasteiger partial charge in [-0.15, -0.1) is 0 Å². The number of carbonyl (C=O) groups excluding carboxylic acids is 2. The van der Waals surface area contributed by atoms with Crippen LogP contribution < -0.4 is 14.8 Å². The standard InChI is InChI=1S/C18H15ClFNO5/c19-14-7-11(20)5-6-13(14)18(23)25-10-17(22)21-8-12-9-24-15-3-1-2-4-16(15)26-12/h1-7,12H,8-10H2,(H,21,22)/t12-/m0/s1. The molecule has 0 aliphatic carbocycles. The Labute approximate surface area is 153 Å². The molecule has 0 saturated carbocycles. The highest BCUT2D eigenvalue weighted by Gasteiger charge is 2.21. The predicted molar refractivity (Wildman–Crippen MR) is 91.1 cm³/mol. The van der Waals surface area contributed by atoms with Gasteiger partial charge in [-0.25, -0.2) is 9.18 Å². The number of carbonyl (C=O) groups is 2. The number of para-hydroxylation sites is 2. The maximum atomic E-state index is 13.0. The van der Waals surface area contributed by atoms with Crippen LogP contribution in [0.15, 0.2) is 42.5 Å². The van der Waals surface area contributed by atoms with E-state index in [-0.39, 0.29) is 23.2 Å². The molecule has 8 heteroatoms. The van der Waals surface area contributed by atoms with E-state index in [4.69, 9.17) is 25.8 Å². The lowest BCUT2D eigenvalue weighted by molar-refractivity contribution is -0.124. The van der Waals surface area contributed by atoms with Crippen LogP contribution in [0.3, 0.4) is 0 Å². The third kappa shape index (κ3) is 4.43. The molecule has 3 rings (SSSR count). The lowest BCUT2D eigenvalue weighted by Crippen LogP contribution is -2.42. The van der Waals surface area contributed by atoms with Crippen LogP contribution in [-0.4, -0.2) is 37.7 Å². The van der Waals surface area contributed by atoms with Gasteiger partial charge in [0.05, 0.1) is 17.1 Å². The first-order chi connectivity index (χ1) is 12.5. The first kappa shape index (κ1) is 18.0. The van der Waals surface area contributed by atoms with Gasteiger partial charge in [-0.05, 0) is 30.3 Å². The van der Waals surface area contributed by atoms with Gasteiger partial charge in [-0.3, -0.25) is 4.79 Å². The predicted octanol–water partition coefficient (Wildman–Crippen LogP) is 2.59. The van der Waals surface area contributed by atoms with Crippen LogP contribution in [-0.2, 0) is 9.53 Å². The molecule has 0 spiro atoms. The SMILES string of the molecule is O=C(COC(=O)c1ccc(F)cc1Cl)NC[C@H]1COc2ccccc2O1. The van der Waals surface area contributed by atoms with E-state index in [0.717, 1.165) is 12.1 Å². The fourth-order valence-electron chi connectivity index (χ4n) is 2.31. The fraction of sp³-hybridized carbons (Fsp3) is 0.222. The van der Waals surface area contributed by atoms with Crippen LogP contribution >= 0.6 is 11.6 Å². The molecule has 0 unspecified atom stereocenters. The molecular weight excluding hydrogens is 365 g/mol. The second-order valence-corrected chi connectivity index (χ2v) is 5.91. The monoisotopic (exact) mass is 379 g/mol. The minimum Gasteiger partial charge on any atom is -0.486 e. The minimum absolute atomic E-state index is 0.0125. The number of hydrogen-bond donors (Lipinski definition) is 1. The van der Waals surface area contributed by atoms with Crippen molar-refractivity contribution in [2.75, 3.05) is 19.8 Å². The Morgan fingerprint density at radius 3 is 2.77 bits per heavy atom. The average Bonchev–Trinajstić information content (AvgIpc) is 2.64. The van der Waals surface area contributed by atoms with E-state index in [9.17, 15) is 14.0 Å². The Kier molecular flexibility index (Phi) is 5.58. The summed E-state index contributed by atoms with van der Waals surface area (Å²) >= 11 is 5.77. The Bertz CT molecular complexity index is 829. The van der Waals surface area contributed by atoms with Crippen molar-refractivity contribution in [3.05, 3.63) is 58.9 Å². The van der Waals surface area contributed by atoms with Crippen molar-refractivity contribution in [2.24, 2.45) is 0 Å². The van der Waals surface area contributed by atoms with Gasteiger partial charge in [0.15, 0.2) is 18.1 Å². The number of esters is 1. The van der Waals surface area contributed by atoms with Gasteiger partial charge < -0.3 is 19.5 Å². The number of amides is 1. The molecular formula is C18H15ClFNO5. The summed E-state index contributed by atoms with van der Waals surface area (Å²) < 4.78 is 29.1. The molecule has 1 heterocycles. The van der Waals surface area contributed by atoms with Gasteiger partial charge in [0.1, 0.15) is 18.5 Å². The molecule has 136 valence electrons. The first-order valence-electron chi connectivity index (χ1n) is 7.80. The van der Waals surface area contributed by atoms with E-state index in [0.29, 0.717) is 18.1 Å². The maximum absolute atomic E-state index is 13.0. The van der Waals surface area contributed by atoms with E-state index < -0.39 is 24.3 Å². The van der Waals surface area contributed by atoms with Crippen molar-refractivity contribution < 1.29 is 28.2 Å². The molecule has 0 saturated heterocycles. The van der Waals surface area contributed by atoms with E-state index in [1.165, 1.54) is 6.07 Å². The number of halogens is 2. The molecule has 2 aromatic carbocycles. The van der Waals surface area contributed by atoms with Crippen LogP contribution in [0, 0.1) is 5.82 Å². The average molecular weight is 380 g/mol. The molecule has 1 amide bonds. The van der Waals surface area contributed by atoms with Crippen LogP contribution in [0.1, 0.15) is 10.4 Å². The molecule has 0 bridgehead atoms. The number of fused-ring (bicyclic) bond motifs is 1. The van der Waals surface area contributed by atoms with Crippen LogP contribution in [0.5, 0.6) is 11.5 Å². The molecule has 2 aromatic rings. The Morgan fingerprint density at radius 2 is 2.00 bits per heavy atom. The Morgan fingerprint density at radius 1 is 1.23 bits per heavy atom. The van der Waals surface area contributed by atoms with Crippen molar-refractivity contribution in [1.29, 1.82) is 0 Å². The number of benzene rings is 2. The first-order valence-corrected chi connectivity index (χ1v) is 8.18. The summed E-state index contributed by atoms with van der Waals surface area (Å²) in [5.74, 6) is -0.619.